The Balaban J connectivity index is 2.62. The van der Waals surface area contributed by atoms with E-state index < -0.39 is 11.5 Å². The highest BCUT2D eigenvalue weighted by Crippen LogP contribution is 2.24. The molecule has 1 aromatic carbocycles. The lowest BCUT2D eigenvalue weighted by atomic mass is 9.88. The van der Waals surface area contributed by atoms with Crippen LogP contribution in [0.2, 0.25) is 0 Å². The molecule has 1 rings (SSSR count). The molecule has 0 aliphatic carbocycles. The number of methoxy groups -OCH3 is 1. The number of carbonyl (C=O) groups excluding carboxylic acids is 1. The van der Waals surface area contributed by atoms with Gasteiger partial charge in [0.2, 0.25) is 0 Å². The van der Waals surface area contributed by atoms with Crippen molar-refractivity contribution in [1.29, 1.82) is 0 Å². The predicted molar refractivity (Wildman–Crippen MR) is 83.8 cm³/mol. The normalized spacial score (nSPS) is 14.5. The number of nitrogens with two attached hydrogens (primary N) is 1. The van der Waals surface area contributed by atoms with Crippen molar-refractivity contribution in [2.24, 2.45) is 11.1 Å². The fourth-order valence-electron chi connectivity index (χ4n) is 2.00. The number of esters is 1. The molecule has 1 atom stereocenters. The molecule has 0 saturated carbocycles. The standard InChI is InChI=1S/C17H27NO3/c1-16(2,3)10-12-21-13-11-17(18,15(19)20-4)14-8-6-5-7-9-14/h5-9H,10-13,18H2,1-4H3. The van der Waals surface area contributed by atoms with E-state index in [0.29, 0.717) is 19.6 Å². The lowest BCUT2D eigenvalue weighted by Gasteiger charge is -2.27. The summed E-state index contributed by atoms with van der Waals surface area (Å²) in [5, 5.41) is 0. The Hall–Kier alpha value is -1.39. The van der Waals surface area contributed by atoms with E-state index in [-0.39, 0.29) is 5.41 Å². The molecule has 4 nitrogen and oxygen atoms in total. The van der Waals surface area contributed by atoms with Crippen molar-refractivity contribution < 1.29 is 14.3 Å². The molecular weight excluding hydrogens is 266 g/mol. The number of rotatable bonds is 7. The molecule has 0 spiro atoms. The maximum atomic E-state index is 12.1. The van der Waals surface area contributed by atoms with Crippen LogP contribution in [0.25, 0.3) is 0 Å². The summed E-state index contributed by atoms with van der Waals surface area (Å²) in [4.78, 5) is 12.1. The van der Waals surface area contributed by atoms with E-state index in [1.165, 1.54) is 7.11 Å². The van der Waals surface area contributed by atoms with Crippen LogP contribution in [0.3, 0.4) is 0 Å². The molecule has 0 aliphatic rings. The number of carbonyl (C=O) groups is 1. The van der Waals surface area contributed by atoms with Crippen molar-refractivity contribution in [2.75, 3.05) is 20.3 Å². The highest BCUT2D eigenvalue weighted by Gasteiger charge is 2.36. The second-order valence-electron chi connectivity index (χ2n) is 6.50. The zero-order valence-corrected chi connectivity index (χ0v) is 13.5. The second kappa shape index (κ2) is 7.57. The molecule has 1 unspecified atom stereocenters. The first-order valence-corrected chi connectivity index (χ1v) is 7.30. The molecule has 1 aromatic rings. The van der Waals surface area contributed by atoms with Crippen molar-refractivity contribution in [3.05, 3.63) is 35.9 Å². The van der Waals surface area contributed by atoms with Crippen LogP contribution in [0.15, 0.2) is 30.3 Å². The Bertz CT molecular complexity index is 439. The molecule has 4 heteroatoms. The highest BCUT2D eigenvalue weighted by molar-refractivity contribution is 5.82. The Morgan fingerprint density at radius 2 is 1.67 bits per heavy atom. The second-order valence-corrected chi connectivity index (χ2v) is 6.50. The average Bonchev–Trinajstić information content (AvgIpc) is 2.45. The first-order valence-electron chi connectivity index (χ1n) is 7.30. The SMILES string of the molecule is COC(=O)C(N)(CCOCCC(C)(C)C)c1ccccc1. The summed E-state index contributed by atoms with van der Waals surface area (Å²) in [6.07, 6.45) is 1.36. The molecule has 0 saturated heterocycles. The molecule has 0 bridgehead atoms. The van der Waals surface area contributed by atoms with Gasteiger partial charge in [-0.3, -0.25) is 0 Å². The summed E-state index contributed by atoms with van der Waals surface area (Å²) in [6.45, 7) is 7.60. The lowest BCUT2D eigenvalue weighted by molar-refractivity contribution is -0.148. The zero-order valence-electron chi connectivity index (χ0n) is 13.5. The van der Waals surface area contributed by atoms with E-state index in [2.05, 4.69) is 20.8 Å². The van der Waals surface area contributed by atoms with Gasteiger partial charge in [0.25, 0.3) is 0 Å². The zero-order chi connectivity index (χ0) is 15.9. The highest BCUT2D eigenvalue weighted by atomic mass is 16.5. The quantitative estimate of drug-likeness (QED) is 0.620. The number of benzene rings is 1. The molecule has 0 amide bonds. The molecule has 21 heavy (non-hydrogen) atoms. The Labute approximate surface area is 127 Å². The third-order valence-corrected chi connectivity index (χ3v) is 3.48. The van der Waals surface area contributed by atoms with E-state index in [9.17, 15) is 4.79 Å². The average molecular weight is 293 g/mol. The molecule has 0 aliphatic heterocycles. The van der Waals surface area contributed by atoms with E-state index in [1.807, 2.05) is 30.3 Å². The minimum atomic E-state index is -1.16. The van der Waals surface area contributed by atoms with Gasteiger partial charge in [0, 0.05) is 19.6 Å². The topological polar surface area (TPSA) is 61.5 Å². The Kier molecular flexibility index (Phi) is 6.37. The smallest absolute Gasteiger partial charge is 0.330 e. The van der Waals surface area contributed by atoms with Crippen LogP contribution in [-0.2, 0) is 19.8 Å². The van der Waals surface area contributed by atoms with Gasteiger partial charge in [0.1, 0.15) is 5.54 Å². The fourth-order valence-corrected chi connectivity index (χ4v) is 2.00. The van der Waals surface area contributed by atoms with E-state index >= 15 is 0 Å². The largest absolute Gasteiger partial charge is 0.467 e. The van der Waals surface area contributed by atoms with Crippen LogP contribution in [0.5, 0.6) is 0 Å². The lowest BCUT2D eigenvalue weighted by Crippen LogP contribution is -2.46. The fraction of sp³-hybridized carbons (Fsp3) is 0.588. The van der Waals surface area contributed by atoms with Gasteiger partial charge >= 0.3 is 5.97 Å². The van der Waals surface area contributed by atoms with Gasteiger partial charge in [-0.25, -0.2) is 4.79 Å². The molecule has 0 fully saturated rings. The van der Waals surface area contributed by atoms with Crippen molar-refractivity contribution in [1.82, 2.24) is 0 Å². The number of ether oxygens (including phenoxy) is 2. The summed E-state index contributed by atoms with van der Waals surface area (Å²) in [6, 6.07) is 9.29. The summed E-state index contributed by atoms with van der Waals surface area (Å²) in [5.41, 5.74) is 6.12. The van der Waals surface area contributed by atoms with Gasteiger partial charge in [-0.05, 0) is 17.4 Å². The van der Waals surface area contributed by atoms with Gasteiger partial charge in [-0.15, -0.1) is 0 Å². The van der Waals surface area contributed by atoms with E-state index in [0.717, 1.165) is 12.0 Å². The van der Waals surface area contributed by atoms with Crippen LogP contribution in [0.1, 0.15) is 39.2 Å². The predicted octanol–water partition coefficient (Wildman–Crippen LogP) is 2.86. The summed E-state index contributed by atoms with van der Waals surface area (Å²) in [5.74, 6) is -0.437. The monoisotopic (exact) mass is 293 g/mol. The summed E-state index contributed by atoms with van der Waals surface area (Å²) in [7, 11) is 1.35. The van der Waals surface area contributed by atoms with Crippen molar-refractivity contribution >= 4 is 5.97 Å². The number of hydrogen-bond donors (Lipinski definition) is 1. The third kappa shape index (κ3) is 5.48. The maximum Gasteiger partial charge on any atom is 0.330 e. The Morgan fingerprint density at radius 1 is 1.10 bits per heavy atom. The van der Waals surface area contributed by atoms with Crippen molar-refractivity contribution in [3.63, 3.8) is 0 Å². The van der Waals surface area contributed by atoms with Crippen molar-refractivity contribution in [3.8, 4) is 0 Å². The van der Waals surface area contributed by atoms with Gasteiger partial charge in [0.15, 0.2) is 0 Å². The third-order valence-electron chi connectivity index (χ3n) is 3.48. The Morgan fingerprint density at radius 3 is 2.19 bits per heavy atom. The molecular formula is C17H27NO3. The van der Waals surface area contributed by atoms with Gasteiger partial charge in [-0.2, -0.15) is 0 Å². The number of hydrogen-bond acceptors (Lipinski definition) is 4. The molecule has 2 N–H and O–H groups in total. The van der Waals surface area contributed by atoms with Crippen LogP contribution in [-0.4, -0.2) is 26.3 Å². The van der Waals surface area contributed by atoms with Crippen LogP contribution < -0.4 is 5.73 Å². The first-order chi connectivity index (χ1) is 9.79. The molecule has 0 radical (unpaired) electrons. The minimum Gasteiger partial charge on any atom is -0.467 e. The van der Waals surface area contributed by atoms with Crippen LogP contribution in [0.4, 0.5) is 0 Å². The first kappa shape index (κ1) is 17.7. The maximum absolute atomic E-state index is 12.1. The van der Waals surface area contributed by atoms with E-state index in [1.54, 1.807) is 0 Å². The summed E-state index contributed by atoms with van der Waals surface area (Å²) >= 11 is 0. The molecule has 0 aromatic heterocycles. The van der Waals surface area contributed by atoms with Gasteiger partial charge < -0.3 is 15.2 Å². The molecule has 118 valence electrons. The van der Waals surface area contributed by atoms with Gasteiger partial charge in [0.05, 0.1) is 7.11 Å². The van der Waals surface area contributed by atoms with E-state index in [4.69, 9.17) is 15.2 Å². The van der Waals surface area contributed by atoms with Crippen LogP contribution in [0, 0.1) is 5.41 Å². The van der Waals surface area contributed by atoms with Gasteiger partial charge in [-0.1, -0.05) is 51.1 Å². The molecule has 0 heterocycles. The summed E-state index contributed by atoms with van der Waals surface area (Å²) < 4.78 is 10.5. The van der Waals surface area contributed by atoms with Crippen LogP contribution >= 0.6 is 0 Å². The van der Waals surface area contributed by atoms with Crippen molar-refractivity contribution in [2.45, 2.75) is 39.2 Å². The minimum absolute atomic E-state index is 0.238.